The second kappa shape index (κ2) is 16.9. The van der Waals surface area contributed by atoms with Crippen LogP contribution in [0.15, 0.2) is 60.7 Å². The fraction of sp³-hybridized carbons (Fsp3) is 0.500. The van der Waals surface area contributed by atoms with E-state index in [1.807, 2.05) is 36.4 Å². The number of nitrogens with two attached hydrogens (primary N) is 1. The van der Waals surface area contributed by atoms with Crippen LogP contribution in [0.25, 0.3) is 0 Å². The van der Waals surface area contributed by atoms with Crippen LogP contribution >= 0.6 is 0 Å². The Bertz CT molecular complexity index is 741. The van der Waals surface area contributed by atoms with Gasteiger partial charge in [-0.1, -0.05) is 99.2 Å². The maximum absolute atomic E-state index is 12.4. The molecule has 5 nitrogen and oxygen atoms in total. The van der Waals surface area contributed by atoms with Gasteiger partial charge in [0, 0.05) is 31.8 Å². The smallest absolute Gasteiger partial charge is 0.220 e. The molecule has 0 heterocycles. The van der Waals surface area contributed by atoms with Crippen LogP contribution in [0.5, 0.6) is 0 Å². The van der Waals surface area contributed by atoms with Gasteiger partial charge in [-0.15, -0.1) is 0 Å². The van der Waals surface area contributed by atoms with Crippen molar-refractivity contribution in [3.63, 3.8) is 0 Å². The van der Waals surface area contributed by atoms with Gasteiger partial charge in [0.05, 0.1) is 0 Å². The van der Waals surface area contributed by atoms with Gasteiger partial charge >= 0.3 is 0 Å². The second-order valence-corrected chi connectivity index (χ2v) is 8.65. The normalized spacial score (nSPS) is 10.8. The summed E-state index contributed by atoms with van der Waals surface area (Å²) in [6, 6.07) is 20.4. The quantitative estimate of drug-likeness (QED) is 0.299. The first-order valence-corrected chi connectivity index (χ1v) is 12.5. The van der Waals surface area contributed by atoms with Gasteiger partial charge in [-0.3, -0.25) is 9.59 Å². The fourth-order valence-corrected chi connectivity index (χ4v) is 3.98. The van der Waals surface area contributed by atoms with E-state index in [1.54, 1.807) is 0 Å². The molecule has 0 aliphatic rings. The Morgan fingerprint density at radius 3 is 1.61 bits per heavy atom. The highest BCUT2D eigenvalue weighted by molar-refractivity contribution is 5.83. The third-order valence-corrected chi connectivity index (χ3v) is 5.94. The Labute approximate surface area is 199 Å². The summed E-state index contributed by atoms with van der Waals surface area (Å²) in [5.41, 5.74) is 7.83. The van der Waals surface area contributed by atoms with Crippen molar-refractivity contribution in [1.82, 2.24) is 10.6 Å². The lowest BCUT2D eigenvalue weighted by Gasteiger charge is -2.19. The number of rotatable bonds is 17. The summed E-state index contributed by atoms with van der Waals surface area (Å²) in [5.74, 6) is -0.0444. The van der Waals surface area contributed by atoms with Gasteiger partial charge in [-0.2, -0.15) is 0 Å². The molecule has 180 valence electrons. The number of amides is 2. The number of carbonyl (C=O) groups excluding carboxylic acids is 2. The average Bonchev–Trinajstić information content (AvgIpc) is 2.85. The Morgan fingerprint density at radius 1 is 0.636 bits per heavy atom. The van der Waals surface area contributed by atoms with Crippen LogP contribution in [-0.4, -0.2) is 31.4 Å². The number of unbranched alkanes of at least 4 members (excludes halogenated alkanes) is 7. The number of carbonyl (C=O) groups is 2. The molecule has 2 aromatic carbocycles. The lowest BCUT2D eigenvalue weighted by molar-refractivity contribution is -0.126. The summed E-state index contributed by atoms with van der Waals surface area (Å²) in [6.45, 7) is 2.00. The minimum absolute atomic E-state index is 0.0467. The van der Waals surface area contributed by atoms with E-state index >= 15 is 0 Å². The SMILES string of the molecule is NCCCCCCCCCCNC(=O)CCC(=O)NCC(c1ccccc1)c1ccccc1. The number of nitrogens with one attached hydrogen (secondary N) is 2. The molecule has 0 fully saturated rings. The molecular weight excluding hydrogens is 410 g/mol. The van der Waals surface area contributed by atoms with Gasteiger partial charge in [0.1, 0.15) is 0 Å². The van der Waals surface area contributed by atoms with Gasteiger partial charge in [0.15, 0.2) is 0 Å². The summed E-state index contributed by atoms with van der Waals surface area (Å²) in [7, 11) is 0. The molecule has 5 heteroatoms. The molecule has 33 heavy (non-hydrogen) atoms. The van der Waals surface area contributed by atoms with Crippen LogP contribution in [-0.2, 0) is 9.59 Å². The van der Waals surface area contributed by atoms with Gasteiger partial charge in [-0.05, 0) is 30.5 Å². The van der Waals surface area contributed by atoms with E-state index in [9.17, 15) is 9.59 Å². The molecule has 0 saturated carbocycles. The molecule has 0 aliphatic carbocycles. The third-order valence-electron chi connectivity index (χ3n) is 5.94. The van der Waals surface area contributed by atoms with Crippen molar-refractivity contribution in [3.05, 3.63) is 71.8 Å². The zero-order valence-corrected chi connectivity index (χ0v) is 19.9. The zero-order chi connectivity index (χ0) is 23.6. The monoisotopic (exact) mass is 451 g/mol. The summed E-state index contributed by atoms with van der Waals surface area (Å²) in [6.07, 6.45) is 9.96. The molecule has 0 aliphatic heterocycles. The van der Waals surface area contributed by atoms with E-state index in [0.29, 0.717) is 13.1 Å². The van der Waals surface area contributed by atoms with E-state index in [-0.39, 0.29) is 30.6 Å². The molecule has 0 spiro atoms. The topological polar surface area (TPSA) is 84.2 Å². The molecule has 2 amide bonds. The fourth-order valence-electron chi connectivity index (χ4n) is 3.98. The summed E-state index contributed by atoms with van der Waals surface area (Å²) < 4.78 is 0. The Balaban J connectivity index is 1.59. The van der Waals surface area contributed by atoms with Crippen LogP contribution in [0.3, 0.4) is 0 Å². The molecule has 4 N–H and O–H groups in total. The van der Waals surface area contributed by atoms with E-state index in [2.05, 4.69) is 34.9 Å². The standard InChI is InChI=1S/C28H41N3O2/c29-21-13-5-3-1-2-4-6-14-22-30-27(32)19-20-28(33)31-23-26(24-15-9-7-10-16-24)25-17-11-8-12-18-25/h7-12,15-18,26H,1-6,13-14,19-23,29H2,(H,30,32)(H,31,33). The van der Waals surface area contributed by atoms with Crippen molar-refractivity contribution in [3.8, 4) is 0 Å². The van der Waals surface area contributed by atoms with Gasteiger partial charge < -0.3 is 16.4 Å². The zero-order valence-electron chi connectivity index (χ0n) is 19.9. The number of benzene rings is 2. The molecule has 2 aromatic rings. The first-order valence-electron chi connectivity index (χ1n) is 12.5. The highest BCUT2D eigenvalue weighted by atomic mass is 16.2. The van der Waals surface area contributed by atoms with Crippen molar-refractivity contribution in [1.29, 1.82) is 0 Å². The second-order valence-electron chi connectivity index (χ2n) is 8.65. The van der Waals surface area contributed by atoms with Crippen molar-refractivity contribution < 1.29 is 9.59 Å². The predicted octanol–water partition coefficient (Wildman–Crippen LogP) is 4.91. The van der Waals surface area contributed by atoms with Crippen LogP contribution in [0.2, 0.25) is 0 Å². The van der Waals surface area contributed by atoms with E-state index < -0.39 is 0 Å². The Kier molecular flexibility index (Phi) is 13.6. The highest BCUT2D eigenvalue weighted by Gasteiger charge is 2.15. The number of hydrogen-bond donors (Lipinski definition) is 3. The maximum atomic E-state index is 12.4. The van der Waals surface area contributed by atoms with Crippen molar-refractivity contribution in [2.45, 2.75) is 70.1 Å². The molecule has 0 bridgehead atoms. The molecule has 0 unspecified atom stereocenters. The first kappa shape index (κ1) is 26.6. The molecule has 0 atom stereocenters. The van der Waals surface area contributed by atoms with Gasteiger partial charge in [0.25, 0.3) is 0 Å². The largest absolute Gasteiger partial charge is 0.356 e. The van der Waals surface area contributed by atoms with Crippen LogP contribution < -0.4 is 16.4 Å². The Morgan fingerprint density at radius 2 is 1.09 bits per heavy atom. The number of hydrogen-bond acceptors (Lipinski definition) is 3. The minimum Gasteiger partial charge on any atom is -0.356 e. The van der Waals surface area contributed by atoms with Crippen molar-refractivity contribution in [2.75, 3.05) is 19.6 Å². The molecule has 2 rings (SSSR count). The summed E-state index contributed by atoms with van der Waals surface area (Å²) in [5, 5.41) is 5.96. The van der Waals surface area contributed by atoms with Crippen LogP contribution in [0.4, 0.5) is 0 Å². The minimum atomic E-state index is -0.0864. The third kappa shape index (κ3) is 11.7. The van der Waals surface area contributed by atoms with Crippen LogP contribution in [0.1, 0.15) is 81.3 Å². The lowest BCUT2D eigenvalue weighted by atomic mass is 9.91. The molecular formula is C28H41N3O2. The molecule has 0 saturated heterocycles. The predicted molar refractivity (Wildman–Crippen MR) is 136 cm³/mol. The van der Waals surface area contributed by atoms with Crippen molar-refractivity contribution >= 4 is 11.8 Å². The maximum Gasteiger partial charge on any atom is 0.220 e. The molecule has 0 aromatic heterocycles. The van der Waals surface area contributed by atoms with Crippen molar-refractivity contribution in [2.24, 2.45) is 5.73 Å². The van der Waals surface area contributed by atoms with E-state index in [0.717, 1.165) is 36.9 Å². The summed E-state index contributed by atoms with van der Waals surface area (Å²) in [4.78, 5) is 24.4. The van der Waals surface area contributed by atoms with E-state index in [1.165, 1.54) is 32.1 Å². The van der Waals surface area contributed by atoms with Gasteiger partial charge in [0.2, 0.25) is 11.8 Å². The molecule has 0 radical (unpaired) electrons. The first-order chi connectivity index (χ1) is 16.2. The highest BCUT2D eigenvalue weighted by Crippen LogP contribution is 2.23. The van der Waals surface area contributed by atoms with Gasteiger partial charge in [-0.25, -0.2) is 0 Å². The summed E-state index contributed by atoms with van der Waals surface area (Å²) >= 11 is 0. The average molecular weight is 452 g/mol. The Hall–Kier alpha value is -2.66. The van der Waals surface area contributed by atoms with E-state index in [4.69, 9.17) is 5.73 Å². The lowest BCUT2D eigenvalue weighted by Crippen LogP contribution is -2.31. The van der Waals surface area contributed by atoms with Crippen LogP contribution in [0, 0.1) is 0 Å².